The van der Waals surface area contributed by atoms with E-state index in [-0.39, 0.29) is 5.91 Å². The second-order valence-corrected chi connectivity index (χ2v) is 7.47. The lowest BCUT2D eigenvalue weighted by atomic mass is 10.1. The number of imidazole rings is 1. The van der Waals surface area contributed by atoms with Crippen LogP contribution >= 0.6 is 11.3 Å². The molecule has 0 saturated carbocycles. The van der Waals surface area contributed by atoms with Crippen molar-refractivity contribution in [2.45, 2.75) is 19.4 Å². The van der Waals surface area contributed by atoms with Crippen molar-refractivity contribution >= 4 is 34.0 Å². The highest BCUT2D eigenvalue weighted by Gasteiger charge is 2.24. The van der Waals surface area contributed by atoms with E-state index in [4.69, 9.17) is 9.72 Å². The molecule has 0 fully saturated rings. The van der Waals surface area contributed by atoms with Crippen LogP contribution in [-0.2, 0) is 11.2 Å². The quantitative estimate of drug-likeness (QED) is 0.564. The summed E-state index contributed by atoms with van der Waals surface area (Å²) in [6, 6.07) is 13.2. The van der Waals surface area contributed by atoms with E-state index < -0.39 is 6.04 Å². The second kappa shape index (κ2) is 6.76. The molecule has 1 aliphatic rings. The van der Waals surface area contributed by atoms with Gasteiger partial charge in [-0.1, -0.05) is 18.2 Å². The molecule has 0 spiro atoms. The van der Waals surface area contributed by atoms with Crippen LogP contribution in [0.5, 0.6) is 5.75 Å². The number of nitrogens with zero attached hydrogens (tertiary/aromatic N) is 3. The first-order chi connectivity index (χ1) is 13.7. The van der Waals surface area contributed by atoms with Crippen molar-refractivity contribution in [3.05, 3.63) is 58.9 Å². The van der Waals surface area contributed by atoms with E-state index in [1.165, 1.54) is 16.9 Å². The van der Waals surface area contributed by atoms with Gasteiger partial charge in [0, 0.05) is 23.6 Å². The van der Waals surface area contributed by atoms with Gasteiger partial charge in [0.25, 0.3) is 0 Å². The van der Waals surface area contributed by atoms with Crippen LogP contribution in [0, 0.1) is 0 Å². The van der Waals surface area contributed by atoms with Gasteiger partial charge in [-0.25, -0.2) is 9.97 Å². The summed E-state index contributed by atoms with van der Waals surface area (Å²) >= 11 is 1.51. The number of hydrogen-bond acceptors (Lipinski definition) is 5. The lowest BCUT2D eigenvalue weighted by molar-refractivity contribution is -0.118. The number of benzene rings is 2. The van der Waals surface area contributed by atoms with Crippen molar-refractivity contribution in [3.8, 4) is 17.3 Å². The summed E-state index contributed by atoms with van der Waals surface area (Å²) in [5, 5.41) is 4.96. The van der Waals surface area contributed by atoms with Gasteiger partial charge in [0.1, 0.15) is 17.5 Å². The number of aromatic nitrogens is 3. The predicted molar refractivity (Wildman–Crippen MR) is 110 cm³/mol. The van der Waals surface area contributed by atoms with E-state index in [9.17, 15) is 4.79 Å². The van der Waals surface area contributed by atoms with Crippen molar-refractivity contribution in [3.63, 3.8) is 0 Å². The molecule has 1 atom stereocenters. The van der Waals surface area contributed by atoms with Crippen molar-refractivity contribution in [2.75, 3.05) is 11.9 Å². The Morgan fingerprint density at radius 1 is 1.29 bits per heavy atom. The van der Waals surface area contributed by atoms with Crippen LogP contribution in [0.1, 0.15) is 18.5 Å². The van der Waals surface area contributed by atoms with E-state index in [2.05, 4.69) is 10.3 Å². The first kappa shape index (κ1) is 16.9. The van der Waals surface area contributed by atoms with Gasteiger partial charge in [-0.3, -0.25) is 4.79 Å². The Hall–Kier alpha value is -3.19. The minimum Gasteiger partial charge on any atom is -0.493 e. The number of para-hydroxylation sites is 2. The number of carbonyl (C=O) groups excluding carboxylic acids is 1. The molecule has 7 heteroatoms. The van der Waals surface area contributed by atoms with Crippen LogP contribution in [0.3, 0.4) is 0 Å². The number of anilines is 1. The SMILES string of the molecule is CC(C(=O)Nc1ccc2c(c1)OCC2)n1c(-c2cscn2)nc2ccccc21. The zero-order valence-electron chi connectivity index (χ0n) is 15.3. The smallest absolute Gasteiger partial charge is 0.247 e. The summed E-state index contributed by atoms with van der Waals surface area (Å²) in [5.41, 5.74) is 6.21. The van der Waals surface area contributed by atoms with Crippen LogP contribution in [0.15, 0.2) is 53.4 Å². The molecule has 2 aromatic heterocycles. The monoisotopic (exact) mass is 390 g/mol. The largest absolute Gasteiger partial charge is 0.493 e. The van der Waals surface area contributed by atoms with Crippen molar-refractivity contribution in [2.24, 2.45) is 0 Å². The van der Waals surface area contributed by atoms with Crippen molar-refractivity contribution in [1.82, 2.24) is 14.5 Å². The van der Waals surface area contributed by atoms with E-state index in [0.717, 1.165) is 34.6 Å². The van der Waals surface area contributed by atoms with Crippen LogP contribution in [0.2, 0.25) is 0 Å². The summed E-state index contributed by atoms with van der Waals surface area (Å²) in [5.74, 6) is 1.43. The topological polar surface area (TPSA) is 69.0 Å². The molecule has 4 aromatic rings. The zero-order valence-corrected chi connectivity index (χ0v) is 16.1. The minimum atomic E-state index is -0.460. The second-order valence-electron chi connectivity index (χ2n) is 6.75. The maximum absolute atomic E-state index is 13.1. The van der Waals surface area contributed by atoms with Gasteiger partial charge in [0.2, 0.25) is 5.91 Å². The fourth-order valence-electron chi connectivity index (χ4n) is 3.55. The van der Waals surface area contributed by atoms with E-state index in [1.807, 2.05) is 59.3 Å². The maximum Gasteiger partial charge on any atom is 0.247 e. The molecule has 1 aliphatic heterocycles. The third kappa shape index (κ3) is 2.84. The van der Waals surface area contributed by atoms with Gasteiger partial charge in [-0.15, -0.1) is 11.3 Å². The molecule has 1 N–H and O–H groups in total. The Bertz CT molecular complexity index is 1170. The highest BCUT2D eigenvalue weighted by molar-refractivity contribution is 7.07. The van der Waals surface area contributed by atoms with Crippen LogP contribution < -0.4 is 10.1 Å². The number of fused-ring (bicyclic) bond motifs is 2. The van der Waals surface area contributed by atoms with Crippen LogP contribution in [0.4, 0.5) is 5.69 Å². The van der Waals surface area contributed by atoms with Gasteiger partial charge in [0.15, 0.2) is 5.82 Å². The molecule has 0 saturated heterocycles. The molecule has 140 valence electrons. The molecule has 0 radical (unpaired) electrons. The number of amides is 1. The summed E-state index contributed by atoms with van der Waals surface area (Å²) in [7, 11) is 0. The zero-order chi connectivity index (χ0) is 19.1. The summed E-state index contributed by atoms with van der Waals surface area (Å²) in [6.45, 7) is 2.57. The van der Waals surface area contributed by atoms with Crippen LogP contribution in [0.25, 0.3) is 22.6 Å². The number of hydrogen-bond donors (Lipinski definition) is 1. The van der Waals surface area contributed by atoms with E-state index in [0.29, 0.717) is 12.4 Å². The third-order valence-electron chi connectivity index (χ3n) is 4.99. The van der Waals surface area contributed by atoms with Gasteiger partial charge < -0.3 is 14.6 Å². The standard InChI is InChI=1S/C21H18N4O2S/c1-13(21(26)23-15-7-6-14-8-9-27-19(14)10-15)25-18-5-3-2-4-16(18)24-20(25)17-11-28-12-22-17/h2-7,10-13H,8-9H2,1H3,(H,23,26). The molecule has 1 amide bonds. The van der Waals surface area contributed by atoms with Crippen LogP contribution in [-0.4, -0.2) is 27.0 Å². The summed E-state index contributed by atoms with van der Waals surface area (Å²) in [4.78, 5) is 22.2. The first-order valence-corrected chi connectivity index (χ1v) is 10.1. The average molecular weight is 390 g/mol. The minimum absolute atomic E-state index is 0.113. The molecule has 6 nitrogen and oxygen atoms in total. The van der Waals surface area contributed by atoms with Crippen molar-refractivity contribution in [1.29, 1.82) is 0 Å². The van der Waals surface area contributed by atoms with E-state index in [1.54, 1.807) is 5.51 Å². The van der Waals surface area contributed by atoms with Crippen molar-refractivity contribution < 1.29 is 9.53 Å². The third-order valence-corrected chi connectivity index (χ3v) is 5.57. The fourth-order valence-corrected chi connectivity index (χ4v) is 4.08. The highest BCUT2D eigenvalue weighted by Crippen LogP contribution is 2.31. The molecular weight excluding hydrogens is 372 g/mol. The average Bonchev–Trinajstić information content (AvgIpc) is 3.45. The summed E-state index contributed by atoms with van der Waals surface area (Å²) < 4.78 is 7.55. The Morgan fingerprint density at radius 2 is 2.18 bits per heavy atom. The van der Waals surface area contributed by atoms with E-state index >= 15 is 0 Å². The Balaban J connectivity index is 1.51. The first-order valence-electron chi connectivity index (χ1n) is 9.13. The maximum atomic E-state index is 13.1. The predicted octanol–water partition coefficient (Wildman–Crippen LogP) is 4.29. The highest BCUT2D eigenvalue weighted by atomic mass is 32.1. The molecule has 3 heterocycles. The van der Waals surface area contributed by atoms with Gasteiger partial charge >= 0.3 is 0 Å². The van der Waals surface area contributed by atoms with Gasteiger partial charge in [-0.05, 0) is 30.7 Å². The lowest BCUT2D eigenvalue weighted by Crippen LogP contribution is -2.24. The number of carbonyl (C=O) groups is 1. The molecule has 0 aliphatic carbocycles. The molecule has 1 unspecified atom stereocenters. The Labute approximate surface area is 165 Å². The molecule has 0 bridgehead atoms. The molecular formula is C21H18N4O2S. The number of thiazole rings is 1. The fraction of sp³-hybridized carbons (Fsp3) is 0.190. The Morgan fingerprint density at radius 3 is 3.04 bits per heavy atom. The van der Waals surface area contributed by atoms with Gasteiger partial charge in [-0.2, -0.15) is 0 Å². The molecule has 5 rings (SSSR count). The molecule has 2 aromatic carbocycles. The number of ether oxygens (including phenoxy) is 1. The van der Waals surface area contributed by atoms with Gasteiger partial charge in [0.05, 0.1) is 23.2 Å². The summed E-state index contributed by atoms with van der Waals surface area (Å²) in [6.07, 6.45) is 0.915. The number of nitrogens with one attached hydrogen (secondary N) is 1. The molecule has 28 heavy (non-hydrogen) atoms. The number of rotatable bonds is 4. The normalized spacial score (nSPS) is 13.9. The lowest BCUT2D eigenvalue weighted by Gasteiger charge is -2.17. The Kier molecular flexibility index (Phi) is 4.09.